The molecule has 2 amide bonds. The molecule has 8 nitrogen and oxygen atoms in total. The Hall–Kier alpha value is -2.65. The third-order valence-corrected chi connectivity index (χ3v) is 7.05. The number of nitrogens with zero attached hydrogens (tertiary/aromatic N) is 1. The van der Waals surface area contributed by atoms with Crippen molar-refractivity contribution in [1.82, 2.24) is 14.9 Å². The summed E-state index contributed by atoms with van der Waals surface area (Å²) in [6.45, 7) is 3.35. The van der Waals surface area contributed by atoms with Gasteiger partial charge in [-0.15, -0.1) is 0 Å². The van der Waals surface area contributed by atoms with Crippen molar-refractivity contribution < 1.29 is 22.4 Å². The van der Waals surface area contributed by atoms with Gasteiger partial charge in [0.25, 0.3) is 0 Å². The number of nitrogens with one attached hydrogen (secondary N) is 2. The molecule has 0 aliphatic heterocycles. The van der Waals surface area contributed by atoms with Crippen molar-refractivity contribution in [3.8, 4) is 0 Å². The van der Waals surface area contributed by atoms with Crippen molar-refractivity contribution in [1.29, 1.82) is 0 Å². The first-order valence-electron chi connectivity index (χ1n) is 10.9. The molecule has 3 rings (SSSR count). The standard InChI is InChI=1S/C23H31N3O5S/c1-17(2)22(23(28)25-18-9-6-7-10-18)26(16-19-11-8-14-31-19)21(27)15-24-32(29,30)20-12-4-3-5-13-20/h3-5,8,11-14,17-18,22,24H,6-7,9-10,15-16H2,1-2H3,(H,25,28)/t22-/m1/s1. The highest BCUT2D eigenvalue weighted by atomic mass is 32.2. The highest BCUT2D eigenvalue weighted by molar-refractivity contribution is 7.89. The van der Waals surface area contributed by atoms with Gasteiger partial charge in [-0.3, -0.25) is 9.59 Å². The minimum absolute atomic E-state index is 0.0693. The van der Waals surface area contributed by atoms with E-state index in [1.807, 2.05) is 13.8 Å². The molecule has 1 aromatic carbocycles. The van der Waals surface area contributed by atoms with Gasteiger partial charge in [0.1, 0.15) is 11.8 Å². The summed E-state index contributed by atoms with van der Waals surface area (Å²) in [5.41, 5.74) is 0. The minimum atomic E-state index is -3.86. The van der Waals surface area contributed by atoms with Gasteiger partial charge in [0.2, 0.25) is 21.8 Å². The van der Waals surface area contributed by atoms with Gasteiger partial charge >= 0.3 is 0 Å². The summed E-state index contributed by atoms with van der Waals surface area (Å²) in [5, 5.41) is 3.07. The summed E-state index contributed by atoms with van der Waals surface area (Å²) in [4.78, 5) is 27.9. The van der Waals surface area contributed by atoms with Crippen LogP contribution in [0.5, 0.6) is 0 Å². The number of carbonyl (C=O) groups is 2. The summed E-state index contributed by atoms with van der Waals surface area (Å²) in [6, 6.07) is 10.6. The fraction of sp³-hybridized carbons (Fsp3) is 0.478. The molecule has 1 aliphatic carbocycles. The first kappa shape index (κ1) is 24.0. The zero-order chi connectivity index (χ0) is 23.1. The maximum absolute atomic E-state index is 13.2. The van der Waals surface area contributed by atoms with Crippen LogP contribution >= 0.6 is 0 Å². The average molecular weight is 462 g/mol. The van der Waals surface area contributed by atoms with Crippen molar-refractivity contribution in [2.45, 2.75) is 63.1 Å². The second-order valence-electron chi connectivity index (χ2n) is 8.42. The number of hydrogen-bond acceptors (Lipinski definition) is 5. The van der Waals surface area contributed by atoms with Crippen LogP contribution < -0.4 is 10.0 Å². The highest BCUT2D eigenvalue weighted by Gasteiger charge is 2.34. The van der Waals surface area contributed by atoms with Gasteiger partial charge in [0, 0.05) is 6.04 Å². The van der Waals surface area contributed by atoms with Crippen LogP contribution in [0.2, 0.25) is 0 Å². The van der Waals surface area contributed by atoms with E-state index in [0.29, 0.717) is 5.76 Å². The molecule has 1 fully saturated rings. The van der Waals surface area contributed by atoms with E-state index in [0.717, 1.165) is 25.7 Å². The largest absolute Gasteiger partial charge is 0.467 e. The monoisotopic (exact) mass is 461 g/mol. The molecule has 1 aliphatic rings. The SMILES string of the molecule is CC(C)[C@H](C(=O)NC1CCCC1)N(Cc1ccco1)C(=O)CNS(=O)(=O)c1ccccc1. The van der Waals surface area contributed by atoms with Gasteiger partial charge in [-0.05, 0) is 43.0 Å². The van der Waals surface area contributed by atoms with E-state index < -0.39 is 28.5 Å². The molecule has 174 valence electrons. The van der Waals surface area contributed by atoms with Crippen LogP contribution in [0.4, 0.5) is 0 Å². The number of sulfonamides is 1. The van der Waals surface area contributed by atoms with E-state index in [1.165, 1.54) is 23.3 Å². The maximum Gasteiger partial charge on any atom is 0.243 e. The second-order valence-corrected chi connectivity index (χ2v) is 10.2. The Morgan fingerprint density at radius 3 is 2.38 bits per heavy atom. The van der Waals surface area contributed by atoms with Gasteiger partial charge in [-0.2, -0.15) is 0 Å². The lowest BCUT2D eigenvalue weighted by atomic mass is 10.00. The van der Waals surface area contributed by atoms with E-state index in [9.17, 15) is 18.0 Å². The molecule has 1 aromatic heterocycles. The van der Waals surface area contributed by atoms with Crippen LogP contribution in [-0.2, 0) is 26.2 Å². The third-order valence-electron chi connectivity index (χ3n) is 5.63. The summed E-state index contributed by atoms with van der Waals surface area (Å²) < 4.78 is 32.9. The molecule has 2 aromatic rings. The molecule has 0 bridgehead atoms. The quantitative estimate of drug-likeness (QED) is 0.565. The minimum Gasteiger partial charge on any atom is -0.467 e. The zero-order valence-electron chi connectivity index (χ0n) is 18.5. The first-order valence-corrected chi connectivity index (χ1v) is 12.4. The fourth-order valence-corrected chi connectivity index (χ4v) is 5.01. The predicted octanol–water partition coefficient (Wildman–Crippen LogP) is 2.67. The fourth-order valence-electron chi connectivity index (χ4n) is 4.01. The Bertz CT molecular complexity index is 984. The van der Waals surface area contributed by atoms with Crippen LogP contribution in [0.3, 0.4) is 0 Å². The highest BCUT2D eigenvalue weighted by Crippen LogP contribution is 2.21. The van der Waals surface area contributed by atoms with Crippen LogP contribution in [0.1, 0.15) is 45.3 Å². The van der Waals surface area contributed by atoms with Crippen LogP contribution in [0.25, 0.3) is 0 Å². The summed E-state index contributed by atoms with van der Waals surface area (Å²) in [6.07, 6.45) is 5.51. The second kappa shape index (κ2) is 10.8. The molecule has 0 radical (unpaired) electrons. The van der Waals surface area contributed by atoms with Crippen LogP contribution in [0, 0.1) is 5.92 Å². The Balaban J connectivity index is 1.78. The van der Waals surface area contributed by atoms with Crippen molar-refractivity contribution in [2.24, 2.45) is 5.92 Å². The summed E-state index contributed by atoms with van der Waals surface area (Å²) in [5.74, 6) is -0.386. The first-order chi connectivity index (χ1) is 15.3. The molecule has 1 atom stereocenters. The third kappa shape index (κ3) is 6.20. The molecular weight excluding hydrogens is 430 g/mol. The average Bonchev–Trinajstić information content (AvgIpc) is 3.46. The topological polar surface area (TPSA) is 109 Å². The van der Waals surface area contributed by atoms with Crippen molar-refractivity contribution in [3.63, 3.8) is 0 Å². The van der Waals surface area contributed by atoms with Gasteiger partial charge in [-0.1, -0.05) is 44.9 Å². The summed E-state index contributed by atoms with van der Waals surface area (Å²) in [7, 11) is -3.86. The summed E-state index contributed by atoms with van der Waals surface area (Å²) >= 11 is 0. The molecule has 0 unspecified atom stereocenters. The number of furan rings is 1. The maximum atomic E-state index is 13.2. The van der Waals surface area contributed by atoms with Gasteiger partial charge in [-0.25, -0.2) is 13.1 Å². The van der Waals surface area contributed by atoms with E-state index in [-0.39, 0.29) is 29.3 Å². The Labute approximate surface area is 189 Å². The normalized spacial score (nSPS) is 15.6. The Morgan fingerprint density at radius 2 is 1.78 bits per heavy atom. The van der Waals surface area contributed by atoms with E-state index in [2.05, 4.69) is 10.0 Å². The molecule has 0 spiro atoms. The smallest absolute Gasteiger partial charge is 0.243 e. The van der Waals surface area contributed by atoms with Crippen molar-refractivity contribution in [2.75, 3.05) is 6.54 Å². The number of amides is 2. The lowest BCUT2D eigenvalue weighted by Gasteiger charge is -2.34. The van der Waals surface area contributed by atoms with E-state index >= 15 is 0 Å². The van der Waals surface area contributed by atoms with Crippen LogP contribution in [0.15, 0.2) is 58.0 Å². The van der Waals surface area contributed by atoms with E-state index in [1.54, 1.807) is 30.3 Å². The molecular formula is C23H31N3O5S. The van der Waals surface area contributed by atoms with E-state index in [4.69, 9.17) is 4.42 Å². The number of benzene rings is 1. The molecule has 0 saturated heterocycles. The van der Waals surface area contributed by atoms with Crippen molar-refractivity contribution >= 4 is 21.8 Å². The molecule has 32 heavy (non-hydrogen) atoms. The number of hydrogen-bond donors (Lipinski definition) is 2. The van der Waals surface area contributed by atoms with Gasteiger partial charge in [0.15, 0.2) is 0 Å². The van der Waals surface area contributed by atoms with Gasteiger partial charge in [0.05, 0.1) is 24.2 Å². The predicted molar refractivity (Wildman–Crippen MR) is 120 cm³/mol. The molecule has 9 heteroatoms. The lowest BCUT2D eigenvalue weighted by Crippen LogP contribution is -2.55. The lowest BCUT2D eigenvalue weighted by molar-refractivity contribution is -0.142. The Morgan fingerprint density at radius 1 is 1.09 bits per heavy atom. The van der Waals surface area contributed by atoms with Crippen LogP contribution in [-0.4, -0.2) is 43.8 Å². The molecule has 1 saturated carbocycles. The Kier molecular flexibility index (Phi) is 8.09. The number of carbonyl (C=O) groups excluding carboxylic acids is 2. The van der Waals surface area contributed by atoms with Crippen molar-refractivity contribution in [3.05, 3.63) is 54.5 Å². The zero-order valence-corrected chi connectivity index (χ0v) is 19.3. The molecule has 1 heterocycles. The molecule has 2 N–H and O–H groups in total. The number of rotatable bonds is 10. The van der Waals surface area contributed by atoms with Gasteiger partial charge < -0.3 is 14.6 Å².